The molecule has 0 aliphatic rings. The van der Waals surface area contributed by atoms with E-state index in [2.05, 4.69) is 10.6 Å². The van der Waals surface area contributed by atoms with Gasteiger partial charge in [0.1, 0.15) is 0 Å². The first-order valence-electron chi connectivity index (χ1n) is 5.52. The zero-order valence-corrected chi connectivity index (χ0v) is 12.3. The first-order valence-corrected chi connectivity index (χ1v) is 5.90. The molecule has 0 spiro atoms. The minimum atomic E-state index is -0.276. The average molecular weight is 306 g/mol. The van der Waals surface area contributed by atoms with Gasteiger partial charge in [-0.15, -0.1) is 12.4 Å². The third-order valence-corrected chi connectivity index (χ3v) is 2.82. The zero-order chi connectivity index (χ0) is 13.7. The minimum Gasteiger partial charge on any atom is -0.355 e. The largest absolute Gasteiger partial charge is 0.355 e. The number of halogens is 2. The fraction of sp³-hybridized carbons (Fsp3) is 0.333. The van der Waals surface area contributed by atoms with Crippen LogP contribution in [0.3, 0.4) is 0 Å². The predicted molar refractivity (Wildman–Crippen MR) is 78.9 cm³/mol. The molecular formula is C12H17Cl2N3O2. The standard InChI is InChI=1S/C12H16ClN3O2.ClH/c1-7(6-14)11(17)16-8-3-4-9(10(13)5-8)12(18)15-2;/h3-5,7H,6,14H2,1-2H3,(H,15,18)(H,16,17);1H. The number of nitrogens with two attached hydrogens (primary N) is 1. The summed E-state index contributed by atoms with van der Waals surface area (Å²) in [6, 6.07) is 4.72. The molecule has 1 rings (SSSR count). The third-order valence-electron chi connectivity index (χ3n) is 2.51. The normalized spacial score (nSPS) is 11.2. The topological polar surface area (TPSA) is 84.2 Å². The summed E-state index contributed by atoms with van der Waals surface area (Å²) >= 11 is 5.96. The van der Waals surface area contributed by atoms with Crippen LogP contribution in [0, 0.1) is 5.92 Å². The van der Waals surface area contributed by atoms with E-state index in [1.165, 1.54) is 13.1 Å². The molecule has 0 aliphatic carbocycles. The van der Waals surface area contributed by atoms with Gasteiger partial charge in [-0.1, -0.05) is 18.5 Å². The van der Waals surface area contributed by atoms with Crippen LogP contribution < -0.4 is 16.4 Å². The quantitative estimate of drug-likeness (QED) is 0.791. The lowest BCUT2D eigenvalue weighted by Gasteiger charge is -2.11. The van der Waals surface area contributed by atoms with Crippen molar-refractivity contribution in [3.05, 3.63) is 28.8 Å². The maximum Gasteiger partial charge on any atom is 0.252 e. The number of carbonyl (C=O) groups excluding carboxylic acids is 2. The maximum absolute atomic E-state index is 11.6. The van der Waals surface area contributed by atoms with Crippen molar-refractivity contribution < 1.29 is 9.59 Å². The molecule has 1 aromatic rings. The molecule has 4 N–H and O–H groups in total. The number of amides is 2. The van der Waals surface area contributed by atoms with Gasteiger partial charge in [0.2, 0.25) is 5.91 Å². The van der Waals surface area contributed by atoms with Gasteiger partial charge in [0, 0.05) is 25.2 Å². The van der Waals surface area contributed by atoms with Gasteiger partial charge in [-0.25, -0.2) is 0 Å². The summed E-state index contributed by atoms with van der Waals surface area (Å²) in [5.74, 6) is -0.725. The Hall–Kier alpha value is -1.30. The number of benzene rings is 1. The Kier molecular flexibility index (Phi) is 7.44. The van der Waals surface area contributed by atoms with Gasteiger partial charge in [0.15, 0.2) is 0 Å². The second-order valence-electron chi connectivity index (χ2n) is 3.90. The molecule has 0 saturated carbocycles. The lowest BCUT2D eigenvalue weighted by atomic mass is 10.1. The van der Waals surface area contributed by atoms with Crippen LogP contribution in [0.5, 0.6) is 0 Å². The minimum absolute atomic E-state index is 0. The van der Waals surface area contributed by atoms with E-state index in [0.29, 0.717) is 11.3 Å². The highest BCUT2D eigenvalue weighted by atomic mass is 35.5. The summed E-state index contributed by atoms with van der Waals surface area (Å²) in [6.07, 6.45) is 0. The highest BCUT2D eigenvalue weighted by Crippen LogP contribution is 2.21. The predicted octanol–water partition coefficient (Wildman–Crippen LogP) is 1.65. The molecule has 0 aromatic heterocycles. The van der Waals surface area contributed by atoms with Crippen molar-refractivity contribution in [3.63, 3.8) is 0 Å². The van der Waals surface area contributed by atoms with E-state index in [-0.39, 0.29) is 41.7 Å². The molecule has 1 atom stereocenters. The van der Waals surface area contributed by atoms with Crippen molar-refractivity contribution in [1.82, 2.24) is 5.32 Å². The Morgan fingerprint density at radius 1 is 1.42 bits per heavy atom. The van der Waals surface area contributed by atoms with E-state index < -0.39 is 0 Å². The van der Waals surface area contributed by atoms with Crippen LogP contribution >= 0.6 is 24.0 Å². The average Bonchev–Trinajstić information content (AvgIpc) is 2.37. The van der Waals surface area contributed by atoms with Gasteiger partial charge in [-0.2, -0.15) is 0 Å². The Labute approximate surface area is 123 Å². The van der Waals surface area contributed by atoms with Gasteiger partial charge < -0.3 is 16.4 Å². The van der Waals surface area contributed by atoms with Crippen molar-refractivity contribution in [3.8, 4) is 0 Å². The van der Waals surface area contributed by atoms with Gasteiger partial charge in [0.25, 0.3) is 5.91 Å². The summed E-state index contributed by atoms with van der Waals surface area (Å²) < 4.78 is 0. The second-order valence-corrected chi connectivity index (χ2v) is 4.31. The fourth-order valence-electron chi connectivity index (χ4n) is 1.28. The molecule has 19 heavy (non-hydrogen) atoms. The number of hydrogen-bond acceptors (Lipinski definition) is 3. The molecule has 0 saturated heterocycles. The van der Waals surface area contributed by atoms with E-state index in [4.69, 9.17) is 17.3 Å². The lowest BCUT2D eigenvalue weighted by molar-refractivity contribution is -0.119. The molecule has 5 nitrogen and oxygen atoms in total. The summed E-state index contributed by atoms with van der Waals surface area (Å²) in [5, 5.41) is 5.45. The molecule has 1 aromatic carbocycles. The SMILES string of the molecule is CNC(=O)c1ccc(NC(=O)C(C)CN)cc1Cl.Cl. The third kappa shape index (κ3) is 4.70. The number of carbonyl (C=O) groups is 2. The smallest absolute Gasteiger partial charge is 0.252 e. The van der Waals surface area contributed by atoms with Crippen LogP contribution in [0.25, 0.3) is 0 Å². The van der Waals surface area contributed by atoms with Crippen LogP contribution in [-0.2, 0) is 4.79 Å². The van der Waals surface area contributed by atoms with E-state index >= 15 is 0 Å². The molecule has 106 valence electrons. The Morgan fingerprint density at radius 3 is 2.53 bits per heavy atom. The highest BCUT2D eigenvalue weighted by Gasteiger charge is 2.13. The van der Waals surface area contributed by atoms with Crippen molar-refractivity contribution in [2.45, 2.75) is 6.92 Å². The molecule has 1 unspecified atom stereocenters. The number of nitrogens with one attached hydrogen (secondary N) is 2. The molecule has 0 bridgehead atoms. The number of anilines is 1. The summed E-state index contributed by atoms with van der Waals surface area (Å²) in [4.78, 5) is 23.0. The van der Waals surface area contributed by atoms with Crippen LogP contribution in [0.4, 0.5) is 5.69 Å². The van der Waals surface area contributed by atoms with Crippen molar-refractivity contribution in [2.75, 3.05) is 18.9 Å². The molecule has 0 heterocycles. The van der Waals surface area contributed by atoms with Crippen molar-refractivity contribution >= 4 is 41.5 Å². The van der Waals surface area contributed by atoms with E-state index in [1.807, 2.05) is 0 Å². The summed E-state index contributed by atoms with van der Waals surface area (Å²) in [6.45, 7) is 2.01. The molecule has 0 radical (unpaired) electrons. The highest BCUT2D eigenvalue weighted by molar-refractivity contribution is 6.34. The first-order chi connectivity index (χ1) is 8.49. The van der Waals surface area contributed by atoms with Crippen LogP contribution in [0.2, 0.25) is 5.02 Å². The Morgan fingerprint density at radius 2 is 2.05 bits per heavy atom. The van der Waals surface area contributed by atoms with Gasteiger partial charge in [-0.3, -0.25) is 9.59 Å². The Bertz CT molecular complexity index is 466. The molecular weight excluding hydrogens is 289 g/mol. The van der Waals surface area contributed by atoms with Gasteiger partial charge >= 0.3 is 0 Å². The maximum atomic E-state index is 11.6. The van der Waals surface area contributed by atoms with E-state index in [0.717, 1.165) is 0 Å². The zero-order valence-electron chi connectivity index (χ0n) is 10.7. The summed E-state index contributed by atoms with van der Waals surface area (Å²) in [5.41, 5.74) is 6.30. The van der Waals surface area contributed by atoms with Gasteiger partial charge in [0.05, 0.1) is 10.6 Å². The molecule has 2 amide bonds. The molecule has 7 heteroatoms. The fourth-order valence-corrected chi connectivity index (χ4v) is 1.55. The van der Waals surface area contributed by atoms with Crippen LogP contribution in [-0.4, -0.2) is 25.4 Å². The second kappa shape index (κ2) is 7.99. The number of hydrogen-bond donors (Lipinski definition) is 3. The molecule has 0 fully saturated rings. The lowest BCUT2D eigenvalue weighted by Crippen LogP contribution is -2.26. The van der Waals surface area contributed by atoms with E-state index in [9.17, 15) is 9.59 Å². The molecule has 0 aliphatic heterocycles. The number of rotatable bonds is 4. The summed E-state index contributed by atoms with van der Waals surface area (Å²) in [7, 11) is 1.53. The monoisotopic (exact) mass is 305 g/mol. The van der Waals surface area contributed by atoms with E-state index in [1.54, 1.807) is 19.1 Å². The van der Waals surface area contributed by atoms with Crippen LogP contribution in [0.1, 0.15) is 17.3 Å². The van der Waals surface area contributed by atoms with Crippen molar-refractivity contribution in [2.24, 2.45) is 11.7 Å². The first kappa shape index (κ1) is 17.7. The van der Waals surface area contributed by atoms with Gasteiger partial charge in [-0.05, 0) is 18.2 Å². The van der Waals surface area contributed by atoms with Crippen molar-refractivity contribution in [1.29, 1.82) is 0 Å². The van der Waals surface area contributed by atoms with Crippen LogP contribution in [0.15, 0.2) is 18.2 Å². The Balaban J connectivity index is 0.00000324.